The van der Waals surface area contributed by atoms with E-state index in [1.165, 1.54) is 18.7 Å². The van der Waals surface area contributed by atoms with Crippen LogP contribution in [0, 0.1) is 0 Å². The lowest BCUT2D eigenvalue weighted by Crippen LogP contribution is -2.30. The van der Waals surface area contributed by atoms with Gasteiger partial charge in [0.25, 0.3) is 0 Å². The lowest BCUT2D eigenvalue weighted by atomic mass is 10.2. The summed E-state index contributed by atoms with van der Waals surface area (Å²) in [5.74, 6) is 0.519. The molecule has 2 amide bonds. The summed E-state index contributed by atoms with van der Waals surface area (Å²) >= 11 is 1.46. The fourth-order valence-electron chi connectivity index (χ4n) is 2.57. The number of rotatable bonds is 7. The molecule has 0 bridgehead atoms. The van der Waals surface area contributed by atoms with Crippen LogP contribution in [0.2, 0.25) is 0 Å². The molecule has 0 saturated heterocycles. The number of thioether (sulfide) groups is 1. The van der Waals surface area contributed by atoms with E-state index in [1.54, 1.807) is 17.1 Å². The SMILES string of the molecule is CC(=O)Nc1ccc(SC(C)C(=O)NCc2cccnc2-n2cccn2)cc1. The Bertz CT molecular complexity index is 941. The maximum absolute atomic E-state index is 12.5. The summed E-state index contributed by atoms with van der Waals surface area (Å²) in [6.45, 7) is 3.70. The van der Waals surface area contributed by atoms with Gasteiger partial charge in [-0.3, -0.25) is 9.59 Å². The van der Waals surface area contributed by atoms with Crippen molar-refractivity contribution in [2.75, 3.05) is 5.32 Å². The van der Waals surface area contributed by atoms with Crippen molar-refractivity contribution in [3.8, 4) is 5.82 Å². The van der Waals surface area contributed by atoms with E-state index < -0.39 is 0 Å². The van der Waals surface area contributed by atoms with Crippen LogP contribution in [0.15, 0.2) is 66.0 Å². The second-order valence-corrected chi connectivity index (χ2v) is 7.53. The topological polar surface area (TPSA) is 88.9 Å². The quantitative estimate of drug-likeness (QED) is 0.600. The molecule has 2 heterocycles. The van der Waals surface area contributed by atoms with Gasteiger partial charge in [0, 0.05) is 48.2 Å². The van der Waals surface area contributed by atoms with E-state index in [1.807, 2.05) is 55.6 Å². The number of nitrogens with zero attached hydrogens (tertiary/aromatic N) is 3. The van der Waals surface area contributed by atoms with Gasteiger partial charge in [-0.15, -0.1) is 11.8 Å². The minimum absolute atomic E-state index is 0.0637. The smallest absolute Gasteiger partial charge is 0.233 e. The van der Waals surface area contributed by atoms with Crippen LogP contribution < -0.4 is 10.6 Å². The van der Waals surface area contributed by atoms with Gasteiger partial charge in [-0.05, 0) is 43.3 Å². The Kier molecular flexibility index (Phi) is 6.44. The Balaban J connectivity index is 1.57. The van der Waals surface area contributed by atoms with E-state index in [0.29, 0.717) is 12.4 Å². The lowest BCUT2D eigenvalue weighted by molar-refractivity contribution is -0.120. The average molecular weight is 395 g/mol. The standard InChI is InChI=1S/C20H21N5O2S/c1-14(28-18-8-6-17(7-9-18)24-15(2)26)20(27)22-13-16-5-3-10-21-19(16)25-12-4-11-23-25/h3-12,14H,13H2,1-2H3,(H,22,27)(H,24,26). The van der Waals surface area contributed by atoms with Gasteiger partial charge < -0.3 is 10.6 Å². The first kappa shape index (κ1) is 19.6. The third-order valence-electron chi connectivity index (χ3n) is 3.90. The molecule has 0 radical (unpaired) electrons. The molecule has 3 rings (SSSR count). The number of hydrogen-bond acceptors (Lipinski definition) is 5. The monoisotopic (exact) mass is 395 g/mol. The molecule has 3 aromatic rings. The Morgan fingerprint density at radius 3 is 2.61 bits per heavy atom. The van der Waals surface area contributed by atoms with Crippen molar-refractivity contribution in [2.24, 2.45) is 0 Å². The number of anilines is 1. The summed E-state index contributed by atoms with van der Waals surface area (Å²) in [5.41, 5.74) is 1.62. The second-order valence-electron chi connectivity index (χ2n) is 6.12. The fraction of sp³-hybridized carbons (Fsp3) is 0.200. The number of benzene rings is 1. The summed E-state index contributed by atoms with van der Waals surface area (Å²) in [7, 11) is 0. The predicted molar refractivity (Wildman–Crippen MR) is 109 cm³/mol. The molecule has 0 aliphatic rings. The second kappa shape index (κ2) is 9.18. The first-order valence-corrected chi connectivity index (χ1v) is 9.67. The fourth-order valence-corrected chi connectivity index (χ4v) is 3.46. The van der Waals surface area contributed by atoms with E-state index in [9.17, 15) is 9.59 Å². The molecule has 2 N–H and O–H groups in total. The third kappa shape index (κ3) is 5.20. The Hall–Kier alpha value is -3.13. The van der Waals surface area contributed by atoms with E-state index >= 15 is 0 Å². The van der Waals surface area contributed by atoms with Crippen molar-refractivity contribution in [2.45, 2.75) is 30.5 Å². The molecule has 0 spiro atoms. The van der Waals surface area contributed by atoms with Crippen LogP contribution in [0.1, 0.15) is 19.4 Å². The van der Waals surface area contributed by atoms with Gasteiger partial charge in [0.1, 0.15) is 0 Å². The zero-order chi connectivity index (χ0) is 19.9. The van der Waals surface area contributed by atoms with Crippen molar-refractivity contribution in [3.63, 3.8) is 0 Å². The summed E-state index contributed by atoms with van der Waals surface area (Å²) < 4.78 is 1.68. The summed E-state index contributed by atoms with van der Waals surface area (Å²) in [6, 6.07) is 13.0. The zero-order valence-corrected chi connectivity index (χ0v) is 16.4. The minimum atomic E-state index is -0.267. The molecule has 1 atom stereocenters. The number of carbonyl (C=O) groups is 2. The van der Waals surface area contributed by atoms with Gasteiger partial charge in [-0.25, -0.2) is 9.67 Å². The molecule has 0 saturated carbocycles. The molecule has 1 aromatic carbocycles. The molecule has 0 aliphatic carbocycles. The molecule has 0 aliphatic heterocycles. The predicted octanol–water partition coefficient (Wildman–Crippen LogP) is 3.02. The zero-order valence-electron chi connectivity index (χ0n) is 15.6. The van der Waals surface area contributed by atoms with Crippen molar-refractivity contribution < 1.29 is 9.59 Å². The van der Waals surface area contributed by atoms with Gasteiger partial charge in [0.2, 0.25) is 11.8 Å². The highest BCUT2D eigenvalue weighted by Crippen LogP contribution is 2.25. The van der Waals surface area contributed by atoms with Crippen LogP contribution in [-0.4, -0.2) is 31.8 Å². The van der Waals surface area contributed by atoms with E-state index in [4.69, 9.17) is 0 Å². The summed E-state index contributed by atoms with van der Waals surface area (Å²) in [4.78, 5) is 28.9. The third-order valence-corrected chi connectivity index (χ3v) is 5.01. The molecule has 7 nitrogen and oxygen atoms in total. The lowest BCUT2D eigenvalue weighted by Gasteiger charge is -2.14. The average Bonchev–Trinajstić information content (AvgIpc) is 3.22. The van der Waals surface area contributed by atoms with E-state index in [-0.39, 0.29) is 17.1 Å². The van der Waals surface area contributed by atoms with Gasteiger partial charge in [-0.1, -0.05) is 6.07 Å². The first-order valence-electron chi connectivity index (χ1n) is 8.79. The molecule has 28 heavy (non-hydrogen) atoms. The van der Waals surface area contributed by atoms with Crippen molar-refractivity contribution in [3.05, 3.63) is 66.6 Å². The molecule has 2 aromatic heterocycles. The van der Waals surface area contributed by atoms with Gasteiger partial charge in [0.05, 0.1) is 5.25 Å². The van der Waals surface area contributed by atoms with Gasteiger partial charge in [-0.2, -0.15) is 5.10 Å². The summed E-state index contributed by atoms with van der Waals surface area (Å²) in [6.07, 6.45) is 5.20. The first-order chi connectivity index (χ1) is 13.5. The summed E-state index contributed by atoms with van der Waals surface area (Å²) in [5, 5.41) is 9.62. The number of aromatic nitrogens is 3. The van der Waals surface area contributed by atoms with E-state index in [2.05, 4.69) is 20.7 Å². The number of pyridine rings is 1. The minimum Gasteiger partial charge on any atom is -0.351 e. The van der Waals surface area contributed by atoms with E-state index in [0.717, 1.165) is 16.1 Å². The molecule has 0 fully saturated rings. The van der Waals surface area contributed by atoms with Gasteiger partial charge in [0.15, 0.2) is 5.82 Å². The van der Waals surface area contributed by atoms with Crippen LogP contribution in [0.5, 0.6) is 0 Å². The largest absolute Gasteiger partial charge is 0.351 e. The number of amides is 2. The molecule has 8 heteroatoms. The highest BCUT2D eigenvalue weighted by molar-refractivity contribution is 8.00. The molecule has 1 unspecified atom stereocenters. The molecule has 144 valence electrons. The Morgan fingerprint density at radius 1 is 1.14 bits per heavy atom. The maximum Gasteiger partial charge on any atom is 0.233 e. The van der Waals surface area contributed by atoms with Crippen LogP contribution in [0.4, 0.5) is 5.69 Å². The Morgan fingerprint density at radius 2 is 1.93 bits per heavy atom. The van der Waals surface area contributed by atoms with Crippen LogP contribution in [0.25, 0.3) is 5.82 Å². The van der Waals surface area contributed by atoms with Crippen LogP contribution in [-0.2, 0) is 16.1 Å². The maximum atomic E-state index is 12.5. The van der Waals surface area contributed by atoms with Crippen LogP contribution in [0.3, 0.4) is 0 Å². The highest BCUT2D eigenvalue weighted by atomic mass is 32.2. The number of nitrogens with one attached hydrogen (secondary N) is 2. The number of carbonyl (C=O) groups excluding carboxylic acids is 2. The normalized spacial score (nSPS) is 11.6. The number of hydrogen-bond donors (Lipinski definition) is 2. The van der Waals surface area contributed by atoms with Crippen LogP contribution >= 0.6 is 11.8 Å². The van der Waals surface area contributed by atoms with Crippen molar-refractivity contribution in [1.29, 1.82) is 0 Å². The molecular weight excluding hydrogens is 374 g/mol. The highest BCUT2D eigenvalue weighted by Gasteiger charge is 2.15. The molecular formula is C20H21N5O2S. The van der Waals surface area contributed by atoms with Crippen molar-refractivity contribution >= 4 is 29.3 Å². The Labute approximate surface area is 167 Å². The van der Waals surface area contributed by atoms with Crippen molar-refractivity contribution in [1.82, 2.24) is 20.1 Å². The van der Waals surface area contributed by atoms with Gasteiger partial charge >= 0.3 is 0 Å².